The summed E-state index contributed by atoms with van der Waals surface area (Å²) in [6.45, 7) is 4.26. The highest BCUT2D eigenvalue weighted by atomic mass is 32.2. The molecule has 2 saturated heterocycles. The third kappa shape index (κ3) is 6.30. The van der Waals surface area contributed by atoms with Gasteiger partial charge in [-0.05, 0) is 75.0 Å². The second kappa shape index (κ2) is 12.2. The summed E-state index contributed by atoms with van der Waals surface area (Å²) >= 11 is 0. The predicted octanol–water partition coefficient (Wildman–Crippen LogP) is 5.02. The number of hydrogen-bond acceptors (Lipinski definition) is 9. The van der Waals surface area contributed by atoms with Crippen LogP contribution in [0, 0.1) is 12.7 Å². The first-order valence-electron chi connectivity index (χ1n) is 14.1. The number of benzene rings is 2. The van der Waals surface area contributed by atoms with Gasteiger partial charge in [0.2, 0.25) is 21.9 Å². The second-order valence-corrected chi connectivity index (χ2v) is 12.4. The van der Waals surface area contributed by atoms with Crippen LogP contribution < -0.4 is 20.1 Å². The van der Waals surface area contributed by atoms with E-state index in [4.69, 9.17) is 14.5 Å². The van der Waals surface area contributed by atoms with Crippen molar-refractivity contribution in [3.8, 4) is 22.9 Å². The van der Waals surface area contributed by atoms with E-state index >= 15 is 4.39 Å². The van der Waals surface area contributed by atoms with Crippen molar-refractivity contribution in [2.75, 3.05) is 35.5 Å². The van der Waals surface area contributed by atoms with Gasteiger partial charge in [0, 0.05) is 42.4 Å². The van der Waals surface area contributed by atoms with E-state index in [0.29, 0.717) is 52.6 Å². The van der Waals surface area contributed by atoms with E-state index in [9.17, 15) is 8.42 Å². The lowest BCUT2D eigenvalue weighted by atomic mass is 10.0. The van der Waals surface area contributed by atoms with Gasteiger partial charge in [-0.1, -0.05) is 12.1 Å². The molecule has 2 aromatic heterocycles. The van der Waals surface area contributed by atoms with Crippen LogP contribution in [0.15, 0.2) is 54.9 Å². The third-order valence-electron chi connectivity index (χ3n) is 7.52. The smallest absolute Gasteiger partial charge is 0.235 e. The predicted molar refractivity (Wildman–Crippen MR) is 160 cm³/mol. The van der Waals surface area contributed by atoms with Crippen LogP contribution in [0.25, 0.3) is 22.0 Å². The SMILES string of the molecule is Cc1ccc2c(NS(=O)(=O)C[C@@H]3CCCO3)c(F)ccc2c1Oc1ncccc1-c1ccnc(N[C@H]2CCCNC2)n1. The molecule has 0 radical (unpaired) electrons. The molecule has 10 nitrogen and oxygen atoms in total. The Morgan fingerprint density at radius 1 is 1.07 bits per heavy atom. The summed E-state index contributed by atoms with van der Waals surface area (Å²) in [6, 6.07) is 12.0. The van der Waals surface area contributed by atoms with Gasteiger partial charge in [0.25, 0.3) is 0 Å². The molecule has 0 aliphatic carbocycles. The highest BCUT2D eigenvalue weighted by Crippen LogP contribution is 2.39. The van der Waals surface area contributed by atoms with Crippen LogP contribution in [0.1, 0.15) is 31.2 Å². The average molecular weight is 593 g/mol. The van der Waals surface area contributed by atoms with Crippen molar-refractivity contribution < 1.29 is 22.3 Å². The molecule has 0 saturated carbocycles. The maximum Gasteiger partial charge on any atom is 0.235 e. The molecule has 0 bridgehead atoms. The van der Waals surface area contributed by atoms with Crippen LogP contribution >= 0.6 is 0 Å². The van der Waals surface area contributed by atoms with Crippen molar-refractivity contribution in [3.63, 3.8) is 0 Å². The number of hydrogen-bond donors (Lipinski definition) is 3. The fraction of sp³-hybridized carbons (Fsp3) is 0.367. The molecule has 2 fully saturated rings. The molecule has 4 heterocycles. The molecule has 42 heavy (non-hydrogen) atoms. The monoisotopic (exact) mass is 592 g/mol. The quantitative estimate of drug-likeness (QED) is 0.246. The van der Waals surface area contributed by atoms with Gasteiger partial charge in [-0.15, -0.1) is 0 Å². The van der Waals surface area contributed by atoms with Gasteiger partial charge in [-0.25, -0.2) is 27.8 Å². The molecule has 0 amide bonds. The number of fused-ring (bicyclic) bond motifs is 1. The highest BCUT2D eigenvalue weighted by molar-refractivity contribution is 7.92. The highest BCUT2D eigenvalue weighted by Gasteiger charge is 2.25. The van der Waals surface area contributed by atoms with E-state index in [0.717, 1.165) is 37.9 Å². The Morgan fingerprint density at radius 2 is 1.95 bits per heavy atom. The zero-order valence-electron chi connectivity index (χ0n) is 23.3. The number of aromatic nitrogens is 3. The van der Waals surface area contributed by atoms with Crippen molar-refractivity contribution in [1.82, 2.24) is 20.3 Å². The number of pyridine rings is 1. The largest absolute Gasteiger partial charge is 0.437 e. The topological polar surface area (TPSA) is 127 Å². The van der Waals surface area contributed by atoms with Crippen molar-refractivity contribution in [2.24, 2.45) is 0 Å². The molecule has 0 unspecified atom stereocenters. The third-order valence-corrected chi connectivity index (χ3v) is 8.84. The lowest BCUT2D eigenvalue weighted by molar-refractivity contribution is 0.127. The molecule has 6 rings (SSSR count). The molecule has 3 N–H and O–H groups in total. The van der Waals surface area contributed by atoms with Gasteiger partial charge < -0.3 is 20.1 Å². The fourth-order valence-electron chi connectivity index (χ4n) is 5.42. The Kier molecular flexibility index (Phi) is 8.18. The Morgan fingerprint density at radius 3 is 2.76 bits per heavy atom. The molecular formula is C30H33FN6O4S. The Labute approximate surface area is 244 Å². The lowest BCUT2D eigenvalue weighted by Gasteiger charge is -2.23. The zero-order chi connectivity index (χ0) is 29.1. The maximum absolute atomic E-state index is 15.1. The van der Waals surface area contributed by atoms with Crippen LogP contribution in [0.5, 0.6) is 11.6 Å². The summed E-state index contributed by atoms with van der Waals surface area (Å²) < 4.78 is 55.3. The van der Waals surface area contributed by atoms with E-state index in [1.165, 1.54) is 6.07 Å². The van der Waals surface area contributed by atoms with Gasteiger partial charge in [0.1, 0.15) is 11.6 Å². The van der Waals surface area contributed by atoms with Gasteiger partial charge in [0.05, 0.1) is 28.8 Å². The van der Waals surface area contributed by atoms with Gasteiger partial charge in [0.15, 0.2) is 0 Å². The van der Waals surface area contributed by atoms with Gasteiger partial charge >= 0.3 is 0 Å². The minimum absolute atomic E-state index is 0.125. The number of anilines is 2. The van der Waals surface area contributed by atoms with Crippen molar-refractivity contribution >= 4 is 32.4 Å². The molecule has 2 atom stereocenters. The van der Waals surface area contributed by atoms with Crippen molar-refractivity contribution in [2.45, 2.75) is 44.8 Å². The summed E-state index contributed by atoms with van der Waals surface area (Å²) in [4.78, 5) is 13.6. The average Bonchev–Trinajstić information content (AvgIpc) is 3.49. The van der Waals surface area contributed by atoms with Crippen LogP contribution in [0.4, 0.5) is 16.0 Å². The summed E-state index contributed by atoms with van der Waals surface area (Å²) in [5, 5.41) is 7.69. The summed E-state index contributed by atoms with van der Waals surface area (Å²) in [5.74, 6) is 0.353. The van der Waals surface area contributed by atoms with E-state index in [1.54, 1.807) is 42.7 Å². The van der Waals surface area contributed by atoms with E-state index in [-0.39, 0.29) is 17.5 Å². The molecular weight excluding hydrogens is 559 g/mol. The maximum atomic E-state index is 15.1. The lowest BCUT2D eigenvalue weighted by Crippen LogP contribution is -2.38. The number of piperidine rings is 1. The molecule has 12 heteroatoms. The number of nitrogens with one attached hydrogen (secondary N) is 3. The standard InChI is InChI=1S/C30H33FN6O4S/c1-19-8-9-22-23(10-11-25(31)27(22)37-42(38,39)18-21-6-4-16-40-21)28(19)41-29-24(7-3-14-33-29)26-12-15-34-30(36-26)35-20-5-2-13-32-17-20/h3,7-12,14-15,20-21,32,37H,2,4-6,13,16-18H2,1H3,(H,34,35,36)/t20-,21-/m0/s1. The zero-order valence-corrected chi connectivity index (χ0v) is 24.1. The minimum atomic E-state index is -3.86. The number of nitrogens with zero attached hydrogens (tertiary/aromatic N) is 3. The molecule has 2 aromatic carbocycles. The number of rotatable bonds is 9. The number of sulfonamides is 1. The summed E-state index contributed by atoms with van der Waals surface area (Å²) in [6.07, 6.45) is 6.50. The first kappa shape index (κ1) is 28.3. The molecule has 220 valence electrons. The van der Waals surface area contributed by atoms with Crippen LogP contribution in [0.3, 0.4) is 0 Å². The number of halogens is 1. The first-order valence-corrected chi connectivity index (χ1v) is 15.8. The van der Waals surface area contributed by atoms with Crippen LogP contribution in [0.2, 0.25) is 0 Å². The second-order valence-electron chi connectivity index (χ2n) is 10.7. The Hall–Kier alpha value is -3.87. The number of aryl methyl sites for hydroxylation is 1. The van der Waals surface area contributed by atoms with Crippen molar-refractivity contribution in [1.29, 1.82) is 0 Å². The molecule has 2 aliphatic heterocycles. The van der Waals surface area contributed by atoms with Crippen LogP contribution in [-0.2, 0) is 14.8 Å². The van der Waals surface area contributed by atoms with Gasteiger partial charge in [-0.3, -0.25) is 4.72 Å². The summed E-state index contributed by atoms with van der Waals surface area (Å²) in [5.41, 5.74) is 1.93. The van der Waals surface area contributed by atoms with Crippen LogP contribution in [-0.4, -0.2) is 61.0 Å². The van der Waals surface area contributed by atoms with Crippen molar-refractivity contribution in [3.05, 3.63) is 66.2 Å². The first-order chi connectivity index (χ1) is 20.4. The normalized spacial score (nSPS) is 19.1. The van der Waals surface area contributed by atoms with Gasteiger partial charge in [-0.2, -0.15) is 0 Å². The fourth-order valence-corrected chi connectivity index (χ4v) is 6.77. The molecule has 2 aliphatic rings. The molecule has 4 aromatic rings. The van der Waals surface area contributed by atoms with E-state index < -0.39 is 21.9 Å². The number of ether oxygens (including phenoxy) is 2. The van der Waals surface area contributed by atoms with E-state index in [1.807, 2.05) is 13.0 Å². The van der Waals surface area contributed by atoms with E-state index in [2.05, 4.69) is 25.3 Å². The summed E-state index contributed by atoms with van der Waals surface area (Å²) in [7, 11) is -3.86. The Bertz CT molecular complexity index is 1690. The Balaban J connectivity index is 1.32. The molecule has 0 spiro atoms. The minimum Gasteiger partial charge on any atom is -0.437 e.